The molecule has 0 bridgehead atoms. The van der Waals surface area contributed by atoms with Gasteiger partial charge in [0.1, 0.15) is 6.10 Å². The molecule has 0 aromatic carbocycles. The Hall–Kier alpha value is -0.660. The number of hydrogen-bond donors (Lipinski definition) is 1. The van der Waals surface area contributed by atoms with Crippen LogP contribution in [0.3, 0.4) is 0 Å². The SMILES string of the molecule is CCCNC(c1c(Cl)cnn1CCOC)C1COCCO1. The minimum absolute atomic E-state index is 0.0305. The minimum atomic E-state index is -0.0548. The monoisotopic (exact) mass is 317 g/mol. The Balaban J connectivity index is 2.19. The number of methoxy groups -OCH3 is 1. The van der Waals surface area contributed by atoms with Gasteiger partial charge in [0.15, 0.2) is 0 Å². The summed E-state index contributed by atoms with van der Waals surface area (Å²) in [5, 5.41) is 8.50. The van der Waals surface area contributed by atoms with Gasteiger partial charge in [0, 0.05) is 7.11 Å². The fourth-order valence-corrected chi connectivity index (χ4v) is 2.70. The second-order valence-electron chi connectivity index (χ2n) is 5.01. The van der Waals surface area contributed by atoms with E-state index in [1.54, 1.807) is 13.3 Å². The molecule has 1 aliphatic heterocycles. The van der Waals surface area contributed by atoms with Crippen LogP contribution < -0.4 is 5.32 Å². The van der Waals surface area contributed by atoms with E-state index in [1.807, 2.05) is 4.68 Å². The van der Waals surface area contributed by atoms with E-state index < -0.39 is 0 Å². The van der Waals surface area contributed by atoms with Crippen LogP contribution in [0.25, 0.3) is 0 Å². The molecule has 2 rings (SSSR count). The standard InChI is InChI=1S/C14H24ClN3O3/c1-3-4-16-13(12-10-20-7-8-21-12)14-11(15)9-17-18(14)5-6-19-2/h9,12-13,16H,3-8,10H2,1-2H3. The molecule has 2 unspecified atom stereocenters. The predicted octanol–water partition coefficient (Wildman–Crippen LogP) is 1.64. The van der Waals surface area contributed by atoms with Crippen molar-refractivity contribution in [1.82, 2.24) is 15.1 Å². The van der Waals surface area contributed by atoms with Crippen LogP contribution in [-0.2, 0) is 20.8 Å². The summed E-state index contributed by atoms with van der Waals surface area (Å²) in [5.41, 5.74) is 0.942. The summed E-state index contributed by atoms with van der Waals surface area (Å²) in [6.45, 7) is 6.09. The maximum Gasteiger partial charge on any atom is 0.102 e. The van der Waals surface area contributed by atoms with Crippen LogP contribution in [0.2, 0.25) is 5.02 Å². The highest BCUT2D eigenvalue weighted by Crippen LogP contribution is 2.28. The van der Waals surface area contributed by atoms with Crippen molar-refractivity contribution in [3.8, 4) is 0 Å². The summed E-state index contributed by atoms with van der Waals surface area (Å²) < 4.78 is 18.4. The van der Waals surface area contributed by atoms with Gasteiger partial charge in [-0.25, -0.2) is 0 Å². The molecule has 1 aromatic heterocycles. The Kier molecular flexibility index (Phi) is 6.92. The van der Waals surface area contributed by atoms with Crippen LogP contribution in [0.5, 0.6) is 0 Å². The molecule has 0 amide bonds. The average molecular weight is 318 g/mol. The van der Waals surface area contributed by atoms with Crippen molar-refractivity contribution < 1.29 is 14.2 Å². The highest BCUT2D eigenvalue weighted by atomic mass is 35.5. The Morgan fingerprint density at radius 1 is 1.57 bits per heavy atom. The highest BCUT2D eigenvalue weighted by Gasteiger charge is 2.30. The van der Waals surface area contributed by atoms with Gasteiger partial charge in [-0.05, 0) is 13.0 Å². The lowest BCUT2D eigenvalue weighted by Crippen LogP contribution is -2.42. The van der Waals surface area contributed by atoms with Crippen LogP contribution in [0, 0.1) is 0 Å². The summed E-state index contributed by atoms with van der Waals surface area (Å²) >= 11 is 6.36. The fraction of sp³-hybridized carbons (Fsp3) is 0.786. The maximum absolute atomic E-state index is 6.36. The zero-order valence-electron chi connectivity index (χ0n) is 12.7. The Morgan fingerprint density at radius 3 is 3.10 bits per heavy atom. The highest BCUT2D eigenvalue weighted by molar-refractivity contribution is 6.31. The molecule has 1 saturated heterocycles. The second kappa shape index (κ2) is 8.70. The number of ether oxygens (including phenoxy) is 3. The number of halogens is 1. The summed E-state index contributed by atoms with van der Waals surface area (Å²) in [5.74, 6) is 0. The average Bonchev–Trinajstić information content (AvgIpc) is 2.88. The summed E-state index contributed by atoms with van der Waals surface area (Å²) in [7, 11) is 1.68. The van der Waals surface area contributed by atoms with E-state index in [1.165, 1.54) is 0 Å². The predicted molar refractivity (Wildman–Crippen MR) is 80.7 cm³/mol. The first-order valence-electron chi connectivity index (χ1n) is 7.40. The van der Waals surface area contributed by atoms with E-state index in [2.05, 4.69) is 17.3 Å². The lowest BCUT2D eigenvalue weighted by Gasteiger charge is -2.31. The molecular formula is C14H24ClN3O3. The molecule has 2 heterocycles. The van der Waals surface area contributed by atoms with E-state index in [4.69, 9.17) is 25.8 Å². The van der Waals surface area contributed by atoms with Crippen molar-refractivity contribution >= 4 is 11.6 Å². The zero-order chi connectivity index (χ0) is 15.1. The molecule has 2 atom stereocenters. The molecule has 120 valence electrons. The van der Waals surface area contributed by atoms with Crippen LogP contribution in [0.1, 0.15) is 25.1 Å². The molecule has 0 radical (unpaired) electrons. The van der Waals surface area contributed by atoms with Crippen LogP contribution >= 0.6 is 11.6 Å². The molecule has 1 fully saturated rings. The van der Waals surface area contributed by atoms with Crippen molar-refractivity contribution in [2.75, 3.05) is 40.1 Å². The van der Waals surface area contributed by atoms with Gasteiger partial charge in [-0.1, -0.05) is 18.5 Å². The van der Waals surface area contributed by atoms with Crippen molar-refractivity contribution in [1.29, 1.82) is 0 Å². The third-order valence-corrected chi connectivity index (χ3v) is 3.75. The van der Waals surface area contributed by atoms with Crippen LogP contribution in [0.15, 0.2) is 6.20 Å². The summed E-state index contributed by atoms with van der Waals surface area (Å²) in [6.07, 6.45) is 2.66. The molecular weight excluding hydrogens is 294 g/mol. The molecule has 6 nitrogen and oxygen atoms in total. The molecule has 21 heavy (non-hydrogen) atoms. The number of nitrogens with zero attached hydrogens (tertiary/aromatic N) is 2. The van der Waals surface area contributed by atoms with Crippen molar-refractivity contribution in [3.63, 3.8) is 0 Å². The number of nitrogens with one attached hydrogen (secondary N) is 1. The maximum atomic E-state index is 6.36. The van der Waals surface area contributed by atoms with Gasteiger partial charge in [-0.15, -0.1) is 0 Å². The van der Waals surface area contributed by atoms with E-state index in [-0.39, 0.29) is 12.1 Å². The second-order valence-corrected chi connectivity index (χ2v) is 5.42. The van der Waals surface area contributed by atoms with Gasteiger partial charge >= 0.3 is 0 Å². The van der Waals surface area contributed by atoms with Gasteiger partial charge in [0.25, 0.3) is 0 Å². The van der Waals surface area contributed by atoms with Crippen molar-refractivity contribution in [2.45, 2.75) is 32.0 Å². The Bertz CT molecular complexity index is 422. The van der Waals surface area contributed by atoms with E-state index in [0.717, 1.165) is 18.7 Å². The zero-order valence-corrected chi connectivity index (χ0v) is 13.4. The molecule has 1 aromatic rings. The quantitative estimate of drug-likeness (QED) is 0.790. The largest absolute Gasteiger partial charge is 0.383 e. The smallest absolute Gasteiger partial charge is 0.102 e. The first-order valence-corrected chi connectivity index (χ1v) is 7.78. The topological polar surface area (TPSA) is 57.5 Å². The van der Waals surface area contributed by atoms with Crippen molar-refractivity contribution in [3.05, 3.63) is 16.9 Å². The molecule has 1 N–H and O–H groups in total. The minimum Gasteiger partial charge on any atom is -0.383 e. The fourth-order valence-electron chi connectivity index (χ4n) is 2.44. The summed E-state index contributed by atoms with van der Waals surface area (Å²) in [4.78, 5) is 0. The van der Waals surface area contributed by atoms with Crippen molar-refractivity contribution in [2.24, 2.45) is 0 Å². The van der Waals surface area contributed by atoms with Gasteiger partial charge in [-0.3, -0.25) is 4.68 Å². The van der Waals surface area contributed by atoms with Crippen LogP contribution in [-0.4, -0.2) is 56.0 Å². The molecule has 0 saturated carbocycles. The summed E-state index contributed by atoms with van der Waals surface area (Å²) in [6, 6.07) is -0.0305. The van der Waals surface area contributed by atoms with Crippen LogP contribution in [0.4, 0.5) is 0 Å². The Labute approximate surface area is 130 Å². The van der Waals surface area contributed by atoms with E-state index in [9.17, 15) is 0 Å². The van der Waals surface area contributed by atoms with Gasteiger partial charge in [-0.2, -0.15) is 5.10 Å². The number of aromatic nitrogens is 2. The first kappa shape index (κ1) is 16.7. The third-order valence-electron chi connectivity index (χ3n) is 3.46. The lowest BCUT2D eigenvalue weighted by molar-refractivity contribution is -0.103. The van der Waals surface area contributed by atoms with Gasteiger partial charge in [0.05, 0.1) is 55.9 Å². The number of hydrogen-bond acceptors (Lipinski definition) is 5. The molecule has 7 heteroatoms. The van der Waals surface area contributed by atoms with E-state index >= 15 is 0 Å². The van der Waals surface area contributed by atoms with E-state index in [0.29, 0.717) is 38.0 Å². The Morgan fingerprint density at radius 2 is 2.43 bits per heavy atom. The lowest BCUT2D eigenvalue weighted by atomic mass is 10.1. The number of rotatable bonds is 8. The third kappa shape index (κ3) is 4.40. The van der Waals surface area contributed by atoms with Gasteiger partial charge in [0.2, 0.25) is 0 Å². The normalized spacial score (nSPS) is 20.6. The molecule has 0 aliphatic carbocycles. The first-order chi connectivity index (χ1) is 10.3. The molecule has 0 spiro atoms. The van der Waals surface area contributed by atoms with Gasteiger partial charge < -0.3 is 19.5 Å². The molecule has 1 aliphatic rings.